The number of aldehydes is 1. The van der Waals surface area contributed by atoms with Gasteiger partial charge < -0.3 is 9.47 Å². The summed E-state index contributed by atoms with van der Waals surface area (Å²) in [7, 11) is 1.62. The van der Waals surface area contributed by atoms with Crippen LogP contribution in [0.15, 0.2) is 12.1 Å². The third kappa shape index (κ3) is 4.19. The van der Waals surface area contributed by atoms with Crippen LogP contribution in [0.1, 0.15) is 23.7 Å². The molecule has 3 nitrogen and oxygen atoms in total. The van der Waals surface area contributed by atoms with Crippen molar-refractivity contribution in [3.05, 3.63) is 27.7 Å². The van der Waals surface area contributed by atoms with Crippen LogP contribution in [-0.4, -0.2) is 26.1 Å². The molecule has 0 aromatic heterocycles. The Bertz CT molecular complexity index is 394. The van der Waals surface area contributed by atoms with Gasteiger partial charge in [-0.05, 0) is 19.1 Å². The normalized spacial score (nSPS) is 12.2. The molecule has 1 atom stereocenters. The highest BCUT2D eigenvalue weighted by atomic mass is 35.5. The van der Waals surface area contributed by atoms with Crippen LogP contribution < -0.4 is 4.74 Å². The lowest BCUT2D eigenvalue weighted by atomic mass is 10.2. The summed E-state index contributed by atoms with van der Waals surface area (Å²) in [6.07, 6.45) is 1.30. The van der Waals surface area contributed by atoms with Crippen LogP contribution in [0.25, 0.3) is 0 Å². The van der Waals surface area contributed by atoms with Gasteiger partial charge in [-0.2, -0.15) is 0 Å². The van der Waals surface area contributed by atoms with Gasteiger partial charge in [0.15, 0.2) is 6.29 Å². The molecule has 0 N–H and O–H groups in total. The van der Waals surface area contributed by atoms with Crippen molar-refractivity contribution in [1.82, 2.24) is 0 Å². The number of hydrogen-bond acceptors (Lipinski definition) is 3. The Morgan fingerprint density at radius 1 is 1.41 bits per heavy atom. The summed E-state index contributed by atoms with van der Waals surface area (Å²) in [6.45, 7) is 2.47. The second-order valence-corrected chi connectivity index (χ2v) is 4.48. The molecule has 1 aromatic carbocycles. The molecule has 0 aliphatic heterocycles. The highest BCUT2D eigenvalue weighted by molar-refractivity contribution is 6.36. The van der Waals surface area contributed by atoms with Crippen LogP contribution in [0, 0.1) is 0 Å². The predicted octanol–water partition coefficient (Wildman–Crippen LogP) is 3.61. The molecule has 1 unspecified atom stereocenters. The van der Waals surface area contributed by atoms with Crippen LogP contribution in [-0.2, 0) is 4.74 Å². The summed E-state index contributed by atoms with van der Waals surface area (Å²) < 4.78 is 10.6. The topological polar surface area (TPSA) is 35.5 Å². The van der Waals surface area contributed by atoms with E-state index in [1.54, 1.807) is 13.2 Å². The highest BCUT2D eigenvalue weighted by Gasteiger charge is 2.13. The summed E-state index contributed by atoms with van der Waals surface area (Å²) >= 11 is 11.8. The SMILES string of the molecule is COCCC(C)Oc1c(Cl)cc(Cl)cc1C=O. The number of carbonyl (C=O) groups excluding carboxylic acids is 1. The number of ether oxygens (including phenoxy) is 2. The molecule has 1 rings (SSSR count). The molecular weight excluding hydrogens is 263 g/mol. The van der Waals surface area contributed by atoms with E-state index in [9.17, 15) is 4.79 Å². The first-order chi connectivity index (χ1) is 8.08. The molecule has 94 valence electrons. The predicted molar refractivity (Wildman–Crippen MR) is 68.4 cm³/mol. The van der Waals surface area contributed by atoms with Crippen LogP contribution in [0.4, 0.5) is 0 Å². The molecular formula is C12H14Cl2O3. The van der Waals surface area contributed by atoms with Crippen LogP contribution in [0.3, 0.4) is 0 Å². The van der Waals surface area contributed by atoms with Crippen molar-refractivity contribution >= 4 is 29.5 Å². The molecule has 17 heavy (non-hydrogen) atoms. The zero-order valence-electron chi connectivity index (χ0n) is 9.70. The van der Waals surface area contributed by atoms with E-state index in [4.69, 9.17) is 32.7 Å². The summed E-state index contributed by atoms with van der Waals surface area (Å²) in [4.78, 5) is 10.9. The summed E-state index contributed by atoms with van der Waals surface area (Å²) in [5.41, 5.74) is 0.353. The molecule has 0 fully saturated rings. The first-order valence-corrected chi connectivity index (χ1v) is 5.94. The van der Waals surface area contributed by atoms with Crippen LogP contribution >= 0.6 is 23.2 Å². The summed E-state index contributed by atoms with van der Waals surface area (Å²) in [5.74, 6) is 0.370. The first kappa shape index (κ1) is 14.3. The number of halogens is 2. The number of carbonyl (C=O) groups is 1. The van der Waals surface area contributed by atoms with Crippen molar-refractivity contribution in [2.45, 2.75) is 19.4 Å². The summed E-state index contributed by atoms with van der Waals surface area (Å²) in [5, 5.41) is 0.748. The van der Waals surface area contributed by atoms with Gasteiger partial charge in [0.05, 0.1) is 16.7 Å². The van der Waals surface area contributed by atoms with E-state index >= 15 is 0 Å². The van der Waals surface area contributed by atoms with E-state index in [1.807, 2.05) is 6.92 Å². The molecule has 0 radical (unpaired) electrons. The van der Waals surface area contributed by atoms with Crippen molar-refractivity contribution in [2.24, 2.45) is 0 Å². The Morgan fingerprint density at radius 2 is 2.12 bits per heavy atom. The molecule has 0 saturated carbocycles. The quantitative estimate of drug-likeness (QED) is 0.745. The fourth-order valence-corrected chi connectivity index (χ4v) is 1.89. The second-order valence-electron chi connectivity index (χ2n) is 3.63. The van der Waals surface area contributed by atoms with E-state index in [2.05, 4.69) is 0 Å². The maximum atomic E-state index is 10.9. The van der Waals surface area contributed by atoms with Gasteiger partial charge in [0.2, 0.25) is 0 Å². The van der Waals surface area contributed by atoms with Crippen molar-refractivity contribution in [3.8, 4) is 5.75 Å². The zero-order chi connectivity index (χ0) is 12.8. The Balaban J connectivity index is 2.85. The number of methoxy groups -OCH3 is 1. The minimum absolute atomic E-state index is 0.0904. The molecule has 0 aliphatic rings. The van der Waals surface area contributed by atoms with Crippen LogP contribution in [0.5, 0.6) is 5.75 Å². The largest absolute Gasteiger partial charge is 0.488 e. The maximum Gasteiger partial charge on any atom is 0.153 e. The molecule has 0 amide bonds. The van der Waals surface area contributed by atoms with Crippen molar-refractivity contribution in [3.63, 3.8) is 0 Å². The maximum absolute atomic E-state index is 10.9. The Kier molecular flexibility index (Phi) is 5.75. The smallest absolute Gasteiger partial charge is 0.153 e. The monoisotopic (exact) mass is 276 g/mol. The minimum atomic E-state index is -0.0904. The Hall–Kier alpha value is -0.770. The third-order valence-corrected chi connectivity index (χ3v) is 2.71. The molecule has 0 saturated heterocycles. The number of hydrogen-bond donors (Lipinski definition) is 0. The molecule has 0 aliphatic carbocycles. The lowest BCUT2D eigenvalue weighted by Gasteiger charge is -2.17. The standard InChI is InChI=1S/C12H14Cl2O3/c1-8(3-4-16-2)17-12-9(7-15)5-10(13)6-11(12)14/h5-8H,3-4H2,1-2H3. The fourth-order valence-electron chi connectivity index (χ4n) is 1.34. The first-order valence-electron chi connectivity index (χ1n) is 5.18. The molecule has 5 heteroatoms. The molecule has 0 bridgehead atoms. The van der Waals surface area contributed by atoms with Gasteiger partial charge in [-0.25, -0.2) is 0 Å². The lowest BCUT2D eigenvalue weighted by Crippen LogP contribution is -2.15. The van der Waals surface area contributed by atoms with Gasteiger partial charge in [-0.3, -0.25) is 4.79 Å². The molecule has 0 spiro atoms. The Labute approximate surface area is 111 Å². The van der Waals surface area contributed by atoms with Gasteiger partial charge in [0, 0.05) is 25.2 Å². The number of rotatable bonds is 6. The Morgan fingerprint density at radius 3 is 2.71 bits per heavy atom. The van der Waals surface area contributed by atoms with Gasteiger partial charge in [-0.15, -0.1) is 0 Å². The van der Waals surface area contributed by atoms with Gasteiger partial charge >= 0.3 is 0 Å². The zero-order valence-corrected chi connectivity index (χ0v) is 11.2. The average Bonchev–Trinajstić information content (AvgIpc) is 2.29. The average molecular weight is 277 g/mol. The van der Waals surface area contributed by atoms with E-state index in [1.165, 1.54) is 6.07 Å². The van der Waals surface area contributed by atoms with Crippen molar-refractivity contribution in [1.29, 1.82) is 0 Å². The van der Waals surface area contributed by atoms with Gasteiger partial charge in [-0.1, -0.05) is 23.2 Å². The summed E-state index contributed by atoms with van der Waals surface area (Å²) in [6, 6.07) is 3.08. The van der Waals surface area contributed by atoms with Gasteiger partial charge in [0.1, 0.15) is 5.75 Å². The van der Waals surface area contributed by atoms with E-state index in [-0.39, 0.29) is 6.10 Å². The lowest BCUT2D eigenvalue weighted by molar-refractivity contribution is 0.111. The highest BCUT2D eigenvalue weighted by Crippen LogP contribution is 2.32. The minimum Gasteiger partial charge on any atom is -0.488 e. The van der Waals surface area contributed by atoms with Crippen molar-refractivity contribution < 1.29 is 14.3 Å². The van der Waals surface area contributed by atoms with Crippen LogP contribution in [0.2, 0.25) is 10.0 Å². The molecule has 0 heterocycles. The van der Waals surface area contributed by atoms with Gasteiger partial charge in [0.25, 0.3) is 0 Å². The van der Waals surface area contributed by atoms with Crippen molar-refractivity contribution in [2.75, 3.05) is 13.7 Å². The number of benzene rings is 1. The fraction of sp³-hybridized carbons (Fsp3) is 0.417. The van der Waals surface area contributed by atoms with E-state index in [0.29, 0.717) is 40.7 Å². The van der Waals surface area contributed by atoms with E-state index < -0.39 is 0 Å². The molecule has 1 aromatic rings. The van der Waals surface area contributed by atoms with E-state index in [0.717, 1.165) is 0 Å². The second kappa shape index (κ2) is 6.84. The third-order valence-electron chi connectivity index (χ3n) is 2.21.